The van der Waals surface area contributed by atoms with E-state index in [0.29, 0.717) is 6.04 Å². The number of hydrogen-bond donors (Lipinski definition) is 2. The van der Waals surface area contributed by atoms with Crippen LogP contribution in [-0.2, 0) is 4.79 Å². The molecule has 4 heteroatoms. The van der Waals surface area contributed by atoms with Crippen molar-refractivity contribution in [3.05, 3.63) is 0 Å². The minimum Gasteiger partial charge on any atom is -0.480 e. The summed E-state index contributed by atoms with van der Waals surface area (Å²) in [6.07, 6.45) is 7.33. The second kappa shape index (κ2) is 7.85. The Morgan fingerprint density at radius 1 is 1.42 bits per heavy atom. The number of rotatable bonds is 8. The first-order valence-corrected chi connectivity index (χ1v) is 7.74. The molecule has 1 rings (SSSR count). The van der Waals surface area contributed by atoms with E-state index in [1.165, 1.54) is 19.3 Å². The van der Waals surface area contributed by atoms with Crippen molar-refractivity contribution in [2.24, 2.45) is 0 Å². The highest BCUT2D eigenvalue weighted by Gasteiger charge is 2.43. The molecule has 1 aliphatic rings. The maximum Gasteiger partial charge on any atom is 0.323 e. The third kappa shape index (κ3) is 4.46. The van der Waals surface area contributed by atoms with Gasteiger partial charge in [-0.2, -0.15) is 0 Å². The first-order chi connectivity index (χ1) is 9.05. The minimum absolute atomic E-state index is 0.403. The lowest BCUT2D eigenvalue weighted by Gasteiger charge is -2.41. The largest absolute Gasteiger partial charge is 0.480 e. The molecule has 2 atom stereocenters. The number of aliphatic carboxylic acids is 1. The first kappa shape index (κ1) is 16.4. The van der Waals surface area contributed by atoms with Crippen LogP contribution in [0.1, 0.15) is 58.8 Å². The number of carbonyl (C=O) groups is 1. The molecule has 112 valence electrons. The van der Waals surface area contributed by atoms with Gasteiger partial charge < -0.3 is 15.3 Å². The molecular formula is C15H30N2O2. The van der Waals surface area contributed by atoms with Gasteiger partial charge >= 0.3 is 5.97 Å². The van der Waals surface area contributed by atoms with E-state index in [2.05, 4.69) is 24.2 Å². The normalized spacial score (nSPS) is 27.7. The summed E-state index contributed by atoms with van der Waals surface area (Å²) >= 11 is 0. The highest BCUT2D eigenvalue weighted by molar-refractivity contribution is 5.79. The molecule has 0 bridgehead atoms. The van der Waals surface area contributed by atoms with Gasteiger partial charge in [-0.25, -0.2) is 0 Å². The zero-order valence-corrected chi connectivity index (χ0v) is 12.7. The molecule has 0 aromatic heterocycles. The lowest BCUT2D eigenvalue weighted by Crippen LogP contribution is -2.58. The van der Waals surface area contributed by atoms with Crippen LogP contribution in [0.4, 0.5) is 0 Å². The van der Waals surface area contributed by atoms with E-state index >= 15 is 0 Å². The van der Waals surface area contributed by atoms with Gasteiger partial charge in [-0.15, -0.1) is 0 Å². The molecule has 2 N–H and O–H groups in total. The third-order valence-electron chi connectivity index (χ3n) is 4.39. The Morgan fingerprint density at radius 3 is 2.74 bits per heavy atom. The van der Waals surface area contributed by atoms with E-state index in [-0.39, 0.29) is 0 Å². The van der Waals surface area contributed by atoms with Crippen LogP contribution in [0.3, 0.4) is 0 Å². The van der Waals surface area contributed by atoms with E-state index in [1.54, 1.807) is 0 Å². The molecule has 4 nitrogen and oxygen atoms in total. The minimum atomic E-state index is -0.698. The summed E-state index contributed by atoms with van der Waals surface area (Å²) in [5.74, 6) is -0.680. The highest BCUT2D eigenvalue weighted by Crippen LogP contribution is 2.31. The lowest BCUT2D eigenvalue weighted by molar-refractivity contribution is -0.147. The van der Waals surface area contributed by atoms with Crippen molar-refractivity contribution in [2.45, 2.75) is 70.4 Å². The predicted molar refractivity (Wildman–Crippen MR) is 78.5 cm³/mol. The van der Waals surface area contributed by atoms with E-state index in [0.717, 1.165) is 38.8 Å². The quantitative estimate of drug-likeness (QED) is 0.665. The van der Waals surface area contributed by atoms with Crippen molar-refractivity contribution < 1.29 is 9.90 Å². The Labute approximate surface area is 117 Å². The molecule has 0 aromatic carbocycles. The van der Waals surface area contributed by atoms with Crippen LogP contribution < -0.4 is 5.32 Å². The lowest BCUT2D eigenvalue weighted by atomic mass is 9.78. The topological polar surface area (TPSA) is 52.6 Å². The van der Waals surface area contributed by atoms with Crippen LogP contribution in [-0.4, -0.2) is 47.7 Å². The number of unbranched alkanes of at least 4 members (excludes halogenated alkanes) is 2. The summed E-state index contributed by atoms with van der Waals surface area (Å²) in [7, 11) is 2.14. The van der Waals surface area contributed by atoms with E-state index in [4.69, 9.17) is 0 Å². The maximum absolute atomic E-state index is 11.6. The summed E-state index contributed by atoms with van der Waals surface area (Å²) in [5.41, 5.74) is -0.698. The van der Waals surface area contributed by atoms with Gasteiger partial charge in [-0.3, -0.25) is 4.79 Å². The Balaban J connectivity index is 2.58. The maximum atomic E-state index is 11.6. The molecule has 0 spiro atoms. The Kier molecular flexibility index (Phi) is 6.80. The Hall–Kier alpha value is -0.610. The fraction of sp³-hybridized carbons (Fsp3) is 0.933. The van der Waals surface area contributed by atoms with Crippen LogP contribution in [0.25, 0.3) is 0 Å². The number of nitrogens with zero attached hydrogens (tertiary/aromatic N) is 1. The van der Waals surface area contributed by atoms with Crippen molar-refractivity contribution in [1.82, 2.24) is 10.2 Å². The smallest absolute Gasteiger partial charge is 0.323 e. The molecule has 0 aliphatic heterocycles. The summed E-state index contributed by atoms with van der Waals surface area (Å²) in [4.78, 5) is 14.0. The van der Waals surface area contributed by atoms with Gasteiger partial charge in [0.25, 0.3) is 0 Å². The van der Waals surface area contributed by atoms with Gasteiger partial charge in [0.2, 0.25) is 0 Å². The molecule has 1 saturated carbocycles. The van der Waals surface area contributed by atoms with Crippen molar-refractivity contribution in [1.29, 1.82) is 0 Å². The predicted octanol–water partition coefficient (Wildman–Crippen LogP) is 2.48. The highest BCUT2D eigenvalue weighted by atomic mass is 16.4. The fourth-order valence-corrected chi connectivity index (χ4v) is 3.18. The van der Waals surface area contributed by atoms with Gasteiger partial charge in [0.15, 0.2) is 0 Å². The fourth-order valence-electron chi connectivity index (χ4n) is 3.18. The average molecular weight is 270 g/mol. The SMILES string of the molecule is CCCCCN(C)C1CCCC(NCC)(C(=O)O)C1. The first-order valence-electron chi connectivity index (χ1n) is 7.74. The second-order valence-corrected chi connectivity index (χ2v) is 5.86. The Bertz CT molecular complexity index is 279. The van der Waals surface area contributed by atoms with Crippen LogP contribution in [0, 0.1) is 0 Å². The molecular weight excluding hydrogens is 240 g/mol. The molecule has 0 radical (unpaired) electrons. The summed E-state index contributed by atoms with van der Waals surface area (Å²) < 4.78 is 0. The van der Waals surface area contributed by atoms with Gasteiger partial charge in [-0.1, -0.05) is 26.7 Å². The average Bonchev–Trinajstić information content (AvgIpc) is 2.39. The molecule has 0 aromatic rings. The summed E-state index contributed by atoms with van der Waals surface area (Å²) in [6.45, 7) is 6.00. The standard InChI is InChI=1S/C15H30N2O2/c1-4-6-7-11-17(3)13-9-8-10-15(12-13,14(18)19)16-5-2/h13,16H,4-12H2,1-3H3,(H,18,19). The zero-order chi connectivity index (χ0) is 14.3. The third-order valence-corrected chi connectivity index (χ3v) is 4.39. The van der Waals surface area contributed by atoms with Gasteiger partial charge in [0.05, 0.1) is 0 Å². The van der Waals surface area contributed by atoms with Crippen molar-refractivity contribution in [3.8, 4) is 0 Å². The van der Waals surface area contributed by atoms with Crippen LogP contribution in [0.5, 0.6) is 0 Å². The number of hydrogen-bond acceptors (Lipinski definition) is 3. The summed E-state index contributed by atoms with van der Waals surface area (Å²) in [6, 6.07) is 0.403. The van der Waals surface area contributed by atoms with E-state index in [9.17, 15) is 9.90 Å². The molecule has 0 heterocycles. The zero-order valence-electron chi connectivity index (χ0n) is 12.7. The monoisotopic (exact) mass is 270 g/mol. The van der Waals surface area contributed by atoms with Crippen molar-refractivity contribution >= 4 is 5.97 Å². The molecule has 1 aliphatic carbocycles. The number of carboxylic acids is 1. The number of nitrogens with one attached hydrogen (secondary N) is 1. The molecule has 0 saturated heterocycles. The molecule has 19 heavy (non-hydrogen) atoms. The van der Waals surface area contributed by atoms with Gasteiger partial charge in [-0.05, 0) is 52.2 Å². The second-order valence-electron chi connectivity index (χ2n) is 5.86. The molecule has 0 amide bonds. The Morgan fingerprint density at radius 2 is 2.16 bits per heavy atom. The van der Waals surface area contributed by atoms with E-state index < -0.39 is 11.5 Å². The summed E-state index contributed by atoms with van der Waals surface area (Å²) in [5, 5.41) is 12.8. The number of likely N-dealkylation sites (N-methyl/N-ethyl adjacent to an activating group) is 1. The molecule has 1 fully saturated rings. The van der Waals surface area contributed by atoms with Crippen LogP contribution in [0.15, 0.2) is 0 Å². The number of carboxylic acid groups (broad SMARTS) is 1. The van der Waals surface area contributed by atoms with E-state index in [1.807, 2.05) is 6.92 Å². The van der Waals surface area contributed by atoms with Gasteiger partial charge in [0, 0.05) is 6.04 Å². The van der Waals surface area contributed by atoms with Crippen LogP contribution >= 0.6 is 0 Å². The van der Waals surface area contributed by atoms with Crippen molar-refractivity contribution in [3.63, 3.8) is 0 Å². The van der Waals surface area contributed by atoms with Crippen molar-refractivity contribution in [2.75, 3.05) is 20.1 Å². The molecule has 2 unspecified atom stereocenters. The van der Waals surface area contributed by atoms with Gasteiger partial charge in [0.1, 0.15) is 5.54 Å². The van der Waals surface area contributed by atoms with Crippen LogP contribution in [0.2, 0.25) is 0 Å².